The van der Waals surface area contributed by atoms with Gasteiger partial charge in [-0.25, -0.2) is 4.98 Å². The van der Waals surface area contributed by atoms with Crippen molar-refractivity contribution in [1.82, 2.24) is 15.2 Å². The number of nitrogens with one attached hydrogen (secondary N) is 1. The molecule has 0 radical (unpaired) electrons. The summed E-state index contributed by atoms with van der Waals surface area (Å²) in [6.07, 6.45) is 3.89. The predicted molar refractivity (Wildman–Crippen MR) is 98.4 cm³/mol. The molecular weight excluding hydrogens is 334 g/mol. The van der Waals surface area contributed by atoms with E-state index in [0.29, 0.717) is 17.9 Å². The molecule has 0 aliphatic carbocycles. The largest absolute Gasteiger partial charge is 0.351 e. The van der Waals surface area contributed by atoms with Crippen LogP contribution in [-0.2, 0) is 11.3 Å². The standard InChI is InChI=1S/C19H21N3O2S/c23-17(14-25-18-5-1-2-10-20-18)21-13-15-6-8-16(9-7-15)19(24)22-11-3-4-12-22/h1-2,5-10H,3-4,11-14H2,(H,21,23). The molecule has 0 spiro atoms. The summed E-state index contributed by atoms with van der Waals surface area (Å²) in [5.41, 5.74) is 1.69. The quantitative estimate of drug-likeness (QED) is 0.810. The Morgan fingerprint density at radius 3 is 2.52 bits per heavy atom. The Morgan fingerprint density at radius 1 is 1.08 bits per heavy atom. The number of carbonyl (C=O) groups is 2. The van der Waals surface area contributed by atoms with Gasteiger partial charge in [-0.15, -0.1) is 0 Å². The summed E-state index contributed by atoms with van der Waals surface area (Å²) >= 11 is 1.41. The maximum absolute atomic E-state index is 12.3. The van der Waals surface area contributed by atoms with E-state index in [-0.39, 0.29) is 11.8 Å². The zero-order chi connectivity index (χ0) is 17.5. The van der Waals surface area contributed by atoms with Crippen LogP contribution in [0.5, 0.6) is 0 Å². The number of carbonyl (C=O) groups excluding carboxylic acids is 2. The van der Waals surface area contributed by atoms with Crippen LogP contribution in [0.2, 0.25) is 0 Å². The Morgan fingerprint density at radius 2 is 1.84 bits per heavy atom. The molecule has 1 aliphatic heterocycles. The molecule has 3 rings (SSSR count). The highest BCUT2D eigenvalue weighted by Crippen LogP contribution is 2.15. The molecule has 6 heteroatoms. The van der Waals surface area contributed by atoms with Gasteiger partial charge in [-0.2, -0.15) is 0 Å². The van der Waals surface area contributed by atoms with Gasteiger partial charge in [0.15, 0.2) is 0 Å². The molecule has 1 saturated heterocycles. The maximum atomic E-state index is 12.3. The minimum absolute atomic E-state index is 0.0344. The average molecular weight is 355 g/mol. The lowest BCUT2D eigenvalue weighted by molar-refractivity contribution is -0.118. The molecule has 1 aromatic carbocycles. The molecule has 5 nitrogen and oxygen atoms in total. The van der Waals surface area contributed by atoms with Crippen LogP contribution in [0.25, 0.3) is 0 Å². The molecule has 2 aromatic rings. The normalized spacial score (nSPS) is 13.7. The van der Waals surface area contributed by atoms with Gasteiger partial charge in [-0.1, -0.05) is 30.0 Å². The van der Waals surface area contributed by atoms with Gasteiger partial charge in [-0.05, 0) is 42.7 Å². The van der Waals surface area contributed by atoms with Crippen LogP contribution in [0.1, 0.15) is 28.8 Å². The first-order chi connectivity index (χ1) is 12.2. The lowest BCUT2D eigenvalue weighted by Crippen LogP contribution is -2.27. The second-order valence-corrected chi connectivity index (χ2v) is 6.93. The predicted octanol–water partition coefficient (Wildman–Crippen LogP) is 2.73. The van der Waals surface area contributed by atoms with Crippen molar-refractivity contribution in [2.45, 2.75) is 24.4 Å². The second-order valence-electron chi connectivity index (χ2n) is 5.93. The smallest absolute Gasteiger partial charge is 0.253 e. The first-order valence-corrected chi connectivity index (χ1v) is 9.40. The molecule has 2 heterocycles. The summed E-state index contributed by atoms with van der Waals surface area (Å²) in [5.74, 6) is 0.399. The summed E-state index contributed by atoms with van der Waals surface area (Å²) in [7, 11) is 0. The number of thioether (sulfide) groups is 1. The van der Waals surface area contributed by atoms with E-state index in [4.69, 9.17) is 0 Å². The van der Waals surface area contributed by atoms with Crippen LogP contribution in [-0.4, -0.2) is 40.5 Å². The molecule has 1 aliphatic rings. The van der Waals surface area contributed by atoms with E-state index in [0.717, 1.165) is 36.5 Å². The van der Waals surface area contributed by atoms with E-state index in [1.807, 2.05) is 47.4 Å². The van der Waals surface area contributed by atoms with E-state index >= 15 is 0 Å². The number of benzene rings is 1. The molecule has 130 valence electrons. The number of hydrogen-bond acceptors (Lipinski definition) is 4. The molecule has 0 unspecified atom stereocenters. The first-order valence-electron chi connectivity index (χ1n) is 8.41. The molecule has 2 amide bonds. The second kappa shape index (κ2) is 8.67. The lowest BCUT2D eigenvalue weighted by Gasteiger charge is -2.15. The molecule has 0 bridgehead atoms. The Hall–Kier alpha value is -2.34. The molecule has 0 atom stereocenters. The van der Waals surface area contributed by atoms with Gasteiger partial charge < -0.3 is 10.2 Å². The van der Waals surface area contributed by atoms with Crippen molar-refractivity contribution in [2.24, 2.45) is 0 Å². The van der Waals surface area contributed by atoms with Gasteiger partial charge in [0, 0.05) is 31.4 Å². The zero-order valence-electron chi connectivity index (χ0n) is 14.0. The number of nitrogens with zero attached hydrogens (tertiary/aromatic N) is 2. The fraction of sp³-hybridized carbons (Fsp3) is 0.316. The number of rotatable bonds is 6. The van der Waals surface area contributed by atoms with E-state index in [2.05, 4.69) is 10.3 Å². The van der Waals surface area contributed by atoms with Gasteiger partial charge in [0.05, 0.1) is 10.8 Å². The van der Waals surface area contributed by atoms with Crippen LogP contribution in [0, 0.1) is 0 Å². The topological polar surface area (TPSA) is 62.3 Å². The van der Waals surface area contributed by atoms with Crippen molar-refractivity contribution in [3.05, 3.63) is 59.8 Å². The Labute approximate surface area is 151 Å². The Bertz CT molecular complexity index is 713. The monoisotopic (exact) mass is 355 g/mol. The minimum atomic E-state index is -0.0344. The van der Waals surface area contributed by atoms with E-state index in [9.17, 15) is 9.59 Å². The molecule has 1 N–H and O–H groups in total. The number of hydrogen-bond donors (Lipinski definition) is 1. The van der Waals surface area contributed by atoms with Gasteiger partial charge in [0.2, 0.25) is 5.91 Å². The third-order valence-electron chi connectivity index (χ3n) is 4.07. The molecular formula is C19H21N3O2S. The number of pyridine rings is 1. The maximum Gasteiger partial charge on any atom is 0.253 e. The van der Waals surface area contributed by atoms with Crippen molar-refractivity contribution < 1.29 is 9.59 Å². The van der Waals surface area contributed by atoms with Crippen molar-refractivity contribution in [3.8, 4) is 0 Å². The lowest BCUT2D eigenvalue weighted by atomic mass is 10.1. The fourth-order valence-corrected chi connectivity index (χ4v) is 3.38. The fourth-order valence-electron chi connectivity index (χ4n) is 2.69. The van der Waals surface area contributed by atoms with Crippen LogP contribution in [0.15, 0.2) is 53.7 Å². The first kappa shape index (κ1) is 17.5. The third kappa shape index (κ3) is 5.06. The molecule has 1 aromatic heterocycles. The van der Waals surface area contributed by atoms with Gasteiger partial charge in [0.1, 0.15) is 0 Å². The highest BCUT2D eigenvalue weighted by Gasteiger charge is 2.19. The van der Waals surface area contributed by atoms with E-state index < -0.39 is 0 Å². The average Bonchev–Trinajstić information content (AvgIpc) is 3.20. The van der Waals surface area contributed by atoms with Crippen molar-refractivity contribution in [3.63, 3.8) is 0 Å². The number of amides is 2. The van der Waals surface area contributed by atoms with E-state index in [1.54, 1.807) is 6.20 Å². The molecule has 0 saturated carbocycles. The van der Waals surface area contributed by atoms with Crippen LogP contribution < -0.4 is 5.32 Å². The molecule has 1 fully saturated rings. The third-order valence-corrected chi connectivity index (χ3v) is 5.02. The van der Waals surface area contributed by atoms with E-state index in [1.165, 1.54) is 11.8 Å². The zero-order valence-corrected chi connectivity index (χ0v) is 14.8. The van der Waals surface area contributed by atoms with Crippen molar-refractivity contribution >= 4 is 23.6 Å². The van der Waals surface area contributed by atoms with Gasteiger partial charge >= 0.3 is 0 Å². The Balaban J connectivity index is 1.45. The van der Waals surface area contributed by atoms with Crippen LogP contribution in [0.4, 0.5) is 0 Å². The highest BCUT2D eigenvalue weighted by atomic mass is 32.2. The summed E-state index contributed by atoms with van der Waals surface area (Å²) in [6.45, 7) is 2.16. The summed E-state index contributed by atoms with van der Waals surface area (Å²) in [5, 5.41) is 3.73. The number of aromatic nitrogens is 1. The summed E-state index contributed by atoms with van der Waals surface area (Å²) in [4.78, 5) is 30.3. The summed E-state index contributed by atoms with van der Waals surface area (Å²) in [6, 6.07) is 13.1. The van der Waals surface area contributed by atoms with Gasteiger partial charge in [-0.3, -0.25) is 9.59 Å². The van der Waals surface area contributed by atoms with Gasteiger partial charge in [0.25, 0.3) is 5.91 Å². The Kier molecular flexibility index (Phi) is 6.06. The summed E-state index contributed by atoms with van der Waals surface area (Å²) < 4.78 is 0. The van der Waals surface area contributed by atoms with Crippen LogP contribution in [0.3, 0.4) is 0 Å². The number of likely N-dealkylation sites (tertiary alicyclic amines) is 1. The highest BCUT2D eigenvalue weighted by molar-refractivity contribution is 7.99. The minimum Gasteiger partial charge on any atom is -0.351 e. The van der Waals surface area contributed by atoms with Crippen molar-refractivity contribution in [2.75, 3.05) is 18.8 Å². The molecule has 25 heavy (non-hydrogen) atoms. The van der Waals surface area contributed by atoms with Crippen LogP contribution >= 0.6 is 11.8 Å². The SMILES string of the molecule is O=C(CSc1ccccn1)NCc1ccc(C(=O)N2CCCC2)cc1. The van der Waals surface area contributed by atoms with Crippen molar-refractivity contribution in [1.29, 1.82) is 0 Å².